The molecule has 1 amide bonds. The van der Waals surface area contributed by atoms with Gasteiger partial charge in [-0.1, -0.05) is 6.92 Å². The molecule has 3 fully saturated rings. The summed E-state index contributed by atoms with van der Waals surface area (Å²) in [7, 11) is 0. The summed E-state index contributed by atoms with van der Waals surface area (Å²) in [5.74, 6) is 0.369. The maximum atomic E-state index is 13.7. The molecule has 0 saturated carbocycles. The summed E-state index contributed by atoms with van der Waals surface area (Å²) in [6, 6.07) is 0.887. The summed E-state index contributed by atoms with van der Waals surface area (Å²) in [6.07, 6.45) is 8.69. The molecule has 1 aromatic rings. The molecule has 0 aliphatic carbocycles. The number of ether oxygens (including phenoxy) is 1. The fourth-order valence-corrected chi connectivity index (χ4v) is 5.84. The van der Waals surface area contributed by atoms with E-state index in [4.69, 9.17) is 4.74 Å². The molecule has 2 bridgehead atoms. The van der Waals surface area contributed by atoms with E-state index in [1.165, 1.54) is 12.0 Å². The lowest BCUT2D eigenvalue weighted by atomic mass is 9.70. The lowest BCUT2D eigenvalue weighted by molar-refractivity contribution is -0.156. The number of hydrogen-bond acceptors (Lipinski definition) is 4. The predicted octanol–water partition coefficient (Wildman–Crippen LogP) is 2.67. The molecular formula is C21H34N4O2. The van der Waals surface area contributed by atoms with E-state index in [2.05, 4.69) is 48.8 Å². The van der Waals surface area contributed by atoms with Crippen molar-refractivity contribution in [3.8, 4) is 0 Å². The fourth-order valence-electron chi connectivity index (χ4n) is 5.84. The van der Waals surface area contributed by atoms with Crippen molar-refractivity contribution in [2.45, 2.75) is 90.8 Å². The van der Waals surface area contributed by atoms with Crippen LogP contribution in [0.5, 0.6) is 0 Å². The van der Waals surface area contributed by atoms with E-state index in [9.17, 15) is 4.79 Å². The van der Waals surface area contributed by atoms with Gasteiger partial charge < -0.3 is 9.64 Å². The number of amides is 1. The second kappa shape index (κ2) is 7.21. The summed E-state index contributed by atoms with van der Waals surface area (Å²) < 4.78 is 7.85. The number of rotatable bonds is 5. The van der Waals surface area contributed by atoms with Crippen LogP contribution >= 0.6 is 0 Å². The van der Waals surface area contributed by atoms with Gasteiger partial charge in [0, 0.05) is 50.0 Å². The van der Waals surface area contributed by atoms with Crippen LogP contribution in [0.2, 0.25) is 0 Å². The molecule has 0 radical (unpaired) electrons. The van der Waals surface area contributed by atoms with E-state index in [0.29, 0.717) is 18.0 Å². The molecule has 0 N–H and O–H groups in total. The summed E-state index contributed by atoms with van der Waals surface area (Å²) in [5.41, 5.74) is 1.04. The van der Waals surface area contributed by atoms with Gasteiger partial charge in [-0.15, -0.1) is 0 Å². The molecule has 1 aromatic heterocycles. The summed E-state index contributed by atoms with van der Waals surface area (Å²) in [5, 5.41) is 4.43. The Morgan fingerprint density at radius 3 is 2.63 bits per heavy atom. The van der Waals surface area contributed by atoms with Crippen LogP contribution < -0.4 is 0 Å². The molecule has 27 heavy (non-hydrogen) atoms. The number of carbonyl (C=O) groups is 1. The molecule has 4 rings (SSSR count). The highest BCUT2D eigenvalue weighted by Crippen LogP contribution is 2.53. The minimum absolute atomic E-state index is 0.126. The Morgan fingerprint density at radius 2 is 2.00 bits per heavy atom. The van der Waals surface area contributed by atoms with Gasteiger partial charge in [-0.3, -0.25) is 14.4 Å². The Balaban J connectivity index is 1.54. The molecular weight excluding hydrogens is 340 g/mol. The van der Waals surface area contributed by atoms with Gasteiger partial charge in [0.15, 0.2) is 0 Å². The van der Waals surface area contributed by atoms with Crippen molar-refractivity contribution < 1.29 is 9.53 Å². The standard InChI is InChI=1S/C21H34N4O2/c1-5-21(20(26)23-11-15(3)27-16(4)12-23)9-18-7-8-19(21)25(18)14-17-10-22-24(6-2)13-17/h10,13,15-16,18-19H,5-9,11-12,14H2,1-4H3/t15-,16+,18-,19+,21+/m0/s1. The molecule has 0 spiro atoms. The minimum atomic E-state index is -0.222. The molecule has 0 aromatic carbocycles. The van der Waals surface area contributed by atoms with Crippen molar-refractivity contribution in [1.82, 2.24) is 19.6 Å². The molecule has 6 nitrogen and oxygen atoms in total. The highest BCUT2D eigenvalue weighted by Gasteiger charge is 2.59. The monoisotopic (exact) mass is 374 g/mol. The highest BCUT2D eigenvalue weighted by molar-refractivity contribution is 5.84. The van der Waals surface area contributed by atoms with Gasteiger partial charge in [0.2, 0.25) is 5.91 Å². The number of aromatic nitrogens is 2. The van der Waals surface area contributed by atoms with Gasteiger partial charge in [0.1, 0.15) is 0 Å². The smallest absolute Gasteiger partial charge is 0.230 e. The second-order valence-electron chi connectivity index (χ2n) is 8.80. The third kappa shape index (κ3) is 3.21. The minimum Gasteiger partial charge on any atom is -0.372 e. The first kappa shape index (κ1) is 18.9. The Kier molecular flexibility index (Phi) is 5.06. The van der Waals surface area contributed by atoms with Crippen LogP contribution in [0.3, 0.4) is 0 Å². The zero-order valence-corrected chi connectivity index (χ0v) is 17.2. The first-order chi connectivity index (χ1) is 13.0. The lowest BCUT2D eigenvalue weighted by Crippen LogP contribution is -2.56. The molecule has 5 atom stereocenters. The third-order valence-corrected chi connectivity index (χ3v) is 7.02. The molecule has 3 aliphatic rings. The Bertz CT molecular complexity index is 679. The van der Waals surface area contributed by atoms with E-state index in [1.807, 2.05) is 10.9 Å². The van der Waals surface area contributed by atoms with Crippen LogP contribution in [0.15, 0.2) is 12.4 Å². The Hall–Kier alpha value is -1.40. The number of fused-ring (bicyclic) bond motifs is 2. The number of carbonyl (C=O) groups excluding carboxylic acids is 1. The molecule has 4 heterocycles. The van der Waals surface area contributed by atoms with Crippen LogP contribution in [0, 0.1) is 5.41 Å². The van der Waals surface area contributed by atoms with Crippen molar-refractivity contribution in [1.29, 1.82) is 0 Å². The van der Waals surface area contributed by atoms with Crippen molar-refractivity contribution >= 4 is 5.91 Å². The number of hydrogen-bond donors (Lipinski definition) is 0. The van der Waals surface area contributed by atoms with Crippen LogP contribution in [0.25, 0.3) is 0 Å². The maximum absolute atomic E-state index is 13.7. The zero-order chi connectivity index (χ0) is 19.2. The van der Waals surface area contributed by atoms with E-state index in [-0.39, 0.29) is 17.6 Å². The molecule has 0 unspecified atom stereocenters. The number of aryl methyl sites for hydroxylation is 1. The van der Waals surface area contributed by atoms with E-state index < -0.39 is 0 Å². The van der Waals surface area contributed by atoms with Gasteiger partial charge in [-0.05, 0) is 46.5 Å². The zero-order valence-electron chi connectivity index (χ0n) is 17.2. The summed E-state index contributed by atoms with van der Waals surface area (Å²) in [4.78, 5) is 18.4. The largest absolute Gasteiger partial charge is 0.372 e. The van der Waals surface area contributed by atoms with E-state index >= 15 is 0 Å². The van der Waals surface area contributed by atoms with Crippen LogP contribution in [-0.2, 0) is 22.6 Å². The third-order valence-electron chi connectivity index (χ3n) is 7.02. The predicted molar refractivity (Wildman–Crippen MR) is 104 cm³/mol. The molecule has 150 valence electrons. The number of morpholine rings is 1. The molecule has 3 aliphatic heterocycles. The van der Waals surface area contributed by atoms with E-state index in [0.717, 1.165) is 45.4 Å². The fraction of sp³-hybridized carbons (Fsp3) is 0.810. The SMILES string of the molecule is CCn1cc(CN2[C@H]3CC[C@@H]2[C@](CC)(C(=O)N2C[C@@H](C)O[C@@H](C)C2)C3)cn1. The van der Waals surface area contributed by atoms with Gasteiger partial charge in [-0.25, -0.2) is 0 Å². The van der Waals surface area contributed by atoms with Crippen molar-refractivity contribution in [2.24, 2.45) is 5.41 Å². The molecule has 3 saturated heterocycles. The number of nitrogens with zero attached hydrogens (tertiary/aromatic N) is 4. The normalized spacial score (nSPS) is 36.5. The van der Waals surface area contributed by atoms with Gasteiger partial charge in [0.25, 0.3) is 0 Å². The quantitative estimate of drug-likeness (QED) is 0.795. The van der Waals surface area contributed by atoms with Crippen LogP contribution in [-0.4, -0.2) is 62.9 Å². The van der Waals surface area contributed by atoms with Gasteiger partial charge in [0.05, 0.1) is 23.8 Å². The van der Waals surface area contributed by atoms with E-state index in [1.54, 1.807) is 0 Å². The molecule has 6 heteroatoms. The lowest BCUT2D eigenvalue weighted by Gasteiger charge is -2.43. The Morgan fingerprint density at radius 1 is 1.26 bits per heavy atom. The second-order valence-corrected chi connectivity index (χ2v) is 8.80. The van der Waals surface area contributed by atoms with Crippen molar-refractivity contribution in [2.75, 3.05) is 13.1 Å². The summed E-state index contributed by atoms with van der Waals surface area (Å²) in [6.45, 7) is 11.7. The Labute approximate surface area is 162 Å². The van der Waals surface area contributed by atoms with Crippen LogP contribution in [0.4, 0.5) is 0 Å². The van der Waals surface area contributed by atoms with Gasteiger partial charge in [-0.2, -0.15) is 5.10 Å². The summed E-state index contributed by atoms with van der Waals surface area (Å²) >= 11 is 0. The maximum Gasteiger partial charge on any atom is 0.230 e. The van der Waals surface area contributed by atoms with Crippen molar-refractivity contribution in [3.63, 3.8) is 0 Å². The first-order valence-corrected chi connectivity index (χ1v) is 10.7. The first-order valence-electron chi connectivity index (χ1n) is 10.7. The topological polar surface area (TPSA) is 50.6 Å². The average molecular weight is 375 g/mol. The average Bonchev–Trinajstić information content (AvgIpc) is 3.34. The van der Waals surface area contributed by atoms with Gasteiger partial charge >= 0.3 is 0 Å². The van der Waals surface area contributed by atoms with Crippen LogP contribution in [0.1, 0.15) is 58.9 Å². The van der Waals surface area contributed by atoms with Crippen molar-refractivity contribution in [3.05, 3.63) is 18.0 Å². The highest BCUT2D eigenvalue weighted by atomic mass is 16.5.